The van der Waals surface area contributed by atoms with Crippen molar-refractivity contribution in [3.8, 4) is 22.5 Å². The summed E-state index contributed by atoms with van der Waals surface area (Å²) in [6.07, 6.45) is 7.28. The molecule has 0 unspecified atom stereocenters. The van der Waals surface area contributed by atoms with Crippen molar-refractivity contribution in [1.29, 1.82) is 0 Å². The molecule has 0 spiro atoms. The lowest BCUT2D eigenvalue weighted by Crippen LogP contribution is -2.06. The van der Waals surface area contributed by atoms with E-state index in [9.17, 15) is 0 Å². The van der Waals surface area contributed by atoms with Gasteiger partial charge in [0.05, 0.1) is 17.2 Å². The molecule has 5 rings (SSSR count). The number of nitrogens with zero attached hydrogens (tertiary/aromatic N) is 3. The predicted molar refractivity (Wildman–Crippen MR) is 131 cm³/mol. The lowest BCUT2D eigenvalue weighted by atomic mass is 10.0. The highest BCUT2D eigenvalue weighted by Gasteiger charge is 2.12. The fourth-order valence-corrected chi connectivity index (χ4v) is 4.58. The number of hydrogen-bond donors (Lipinski definition) is 1. The van der Waals surface area contributed by atoms with Gasteiger partial charge in [-0.2, -0.15) is 0 Å². The van der Waals surface area contributed by atoms with Crippen LogP contribution in [0.4, 0.5) is 5.82 Å². The molecule has 0 aliphatic carbocycles. The topological polar surface area (TPSA) is 63.8 Å². The van der Waals surface area contributed by atoms with Crippen molar-refractivity contribution in [3.05, 3.63) is 83.4 Å². The number of benzene rings is 1. The second-order valence-corrected chi connectivity index (χ2v) is 9.13. The third-order valence-electron chi connectivity index (χ3n) is 5.43. The zero-order valence-corrected chi connectivity index (χ0v) is 18.9. The Morgan fingerprint density at radius 1 is 0.938 bits per heavy atom. The summed E-state index contributed by atoms with van der Waals surface area (Å²) in [6.45, 7) is 4.95. The van der Waals surface area contributed by atoms with Crippen LogP contribution in [0.25, 0.3) is 32.7 Å². The van der Waals surface area contributed by atoms with Gasteiger partial charge in [-0.15, -0.1) is 11.3 Å². The normalized spacial score (nSPS) is 11.2. The third-order valence-corrected chi connectivity index (χ3v) is 6.37. The van der Waals surface area contributed by atoms with Crippen LogP contribution >= 0.6 is 11.3 Å². The van der Waals surface area contributed by atoms with Gasteiger partial charge in [-0.3, -0.25) is 4.98 Å². The fourth-order valence-electron chi connectivity index (χ4n) is 3.70. The second-order valence-electron chi connectivity index (χ2n) is 7.90. The van der Waals surface area contributed by atoms with E-state index in [4.69, 9.17) is 14.4 Å². The summed E-state index contributed by atoms with van der Waals surface area (Å²) >= 11 is 1.69. The Morgan fingerprint density at radius 3 is 2.53 bits per heavy atom. The monoisotopic (exact) mass is 440 g/mol. The minimum atomic E-state index is 0.691. The van der Waals surface area contributed by atoms with Gasteiger partial charge in [0, 0.05) is 28.9 Å². The largest absolute Gasteiger partial charge is 0.472 e. The molecule has 4 heterocycles. The number of fused-ring (bicyclic) bond motifs is 1. The highest BCUT2D eigenvalue weighted by Crippen LogP contribution is 2.31. The molecule has 1 N–H and O–H groups in total. The maximum atomic E-state index is 5.21. The van der Waals surface area contributed by atoms with Crippen molar-refractivity contribution in [1.82, 2.24) is 15.0 Å². The van der Waals surface area contributed by atoms with Gasteiger partial charge in [0.1, 0.15) is 16.9 Å². The number of furan rings is 1. The van der Waals surface area contributed by atoms with Crippen LogP contribution in [0.2, 0.25) is 0 Å². The number of hydrogen-bond acceptors (Lipinski definition) is 6. The van der Waals surface area contributed by atoms with Crippen LogP contribution in [-0.4, -0.2) is 21.5 Å². The number of thiophene rings is 1. The van der Waals surface area contributed by atoms with Crippen LogP contribution in [-0.2, 0) is 6.42 Å². The molecule has 5 nitrogen and oxygen atoms in total. The second kappa shape index (κ2) is 8.93. The van der Waals surface area contributed by atoms with Gasteiger partial charge >= 0.3 is 0 Å². The number of aryl methyl sites for hydroxylation is 3. The van der Waals surface area contributed by atoms with E-state index in [1.54, 1.807) is 23.9 Å². The van der Waals surface area contributed by atoms with Crippen LogP contribution in [0.1, 0.15) is 22.6 Å². The zero-order chi connectivity index (χ0) is 21.9. The molecule has 0 atom stereocenters. The van der Waals surface area contributed by atoms with Gasteiger partial charge in [0.25, 0.3) is 0 Å². The lowest BCUT2D eigenvalue weighted by molar-refractivity contribution is 0.568. The standard InChI is InChI=1S/C26H24N4OS/c1-17-5-8-21(15-28-17)20-9-6-19(7-10-20)4-3-12-27-25-23-14-18(2)32-26(23)30-24(29-25)22-11-13-31-16-22/h5-11,13-16H,3-4,12H2,1-2H3,(H,27,29,30). The van der Waals surface area contributed by atoms with E-state index in [1.165, 1.54) is 16.0 Å². The summed E-state index contributed by atoms with van der Waals surface area (Å²) in [6, 6.07) is 17.0. The molecule has 1 aromatic carbocycles. The van der Waals surface area contributed by atoms with E-state index in [1.807, 2.05) is 25.3 Å². The quantitative estimate of drug-likeness (QED) is 0.286. The van der Waals surface area contributed by atoms with Gasteiger partial charge in [0.2, 0.25) is 0 Å². The predicted octanol–water partition coefficient (Wildman–Crippen LogP) is 6.67. The minimum Gasteiger partial charge on any atom is -0.472 e. The van der Waals surface area contributed by atoms with Crippen molar-refractivity contribution < 1.29 is 4.42 Å². The SMILES string of the molecule is Cc1ccc(-c2ccc(CCCNc3nc(-c4ccoc4)nc4sc(C)cc34)cc2)cn1. The van der Waals surface area contributed by atoms with Crippen molar-refractivity contribution in [2.45, 2.75) is 26.7 Å². The van der Waals surface area contributed by atoms with Gasteiger partial charge in [-0.1, -0.05) is 30.3 Å². The Labute approximate surface area is 191 Å². The Kier molecular flexibility index (Phi) is 5.69. The van der Waals surface area contributed by atoms with Gasteiger partial charge in [0.15, 0.2) is 5.82 Å². The average Bonchev–Trinajstić information content (AvgIpc) is 3.47. The number of nitrogens with one attached hydrogen (secondary N) is 1. The Hall–Kier alpha value is -3.51. The maximum Gasteiger partial charge on any atom is 0.166 e. The zero-order valence-electron chi connectivity index (χ0n) is 18.1. The molecule has 0 bridgehead atoms. The molecular weight excluding hydrogens is 416 g/mol. The average molecular weight is 441 g/mol. The lowest BCUT2D eigenvalue weighted by Gasteiger charge is -2.09. The van der Waals surface area contributed by atoms with E-state index < -0.39 is 0 Å². The molecular formula is C26H24N4OS. The summed E-state index contributed by atoms with van der Waals surface area (Å²) in [5, 5.41) is 4.61. The molecule has 0 aliphatic rings. The highest BCUT2D eigenvalue weighted by atomic mass is 32.1. The van der Waals surface area contributed by atoms with Gasteiger partial charge in [-0.05, 0) is 56.0 Å². The van der Waals surface area contributed by atoms with E-state index in [0.29, 0.717) is 5.82 Å². The van der Waals surface area contributed by atoms with Crippen molar-refractivity contribution in [2.75, 3.05) is 11.9 Å². The molecule has 4 aromatic heterocycles. The molecule has 160 valence electrons. The summed E-state index contributed by atoms with van der Waals surface area (Å²) in [7, 11) is 0. The maximum absolute atomic E-state index is 5.21. The number of pyridine rings is 1. The summed E-state index contributed by atoms with van der Waals surface area (Å²) in [4.78, 5) is 16.1. The Balaban J connectivity index is 1.24. The molecule has 0 saturated carbocycles. The summed E-state index contributed by atoms with van der Waals surface area (Å²) < 4.78 is 5.21. The molecule has 0 saturated heterocycles. The summed E-state index contributed by atoms with van der Waals surface area (Å²) in [5.74, 6) is 1.58. The number of aromatic nitrogens is 3. The van der Waals surface area contributed by atoms with E-state index >= 15 is 0 Å². The molecule has 0 amide bonds. The van der Waals surface area contributed by atoms with Crippen LogP contribution in [0.5, 0.6) is 0 Å². The summed E-state index contributed by atoms with van der Waals surface area (Å²) in [5.41, 5.74) is 5.60. The van der Waals surface area contributed by atoms with E-state index in [0.717, 1.165) is 52.2 Å². The van der Waals surface area contributed by atoms with Crippen molar-refractivity contribution in [2.24, 2.45) is 0 Å². The smallest absolute Gasteiger partial charge is 0.166 e. The van der Waals surface area contributed by atoms with Crippen LogP contribution in [0, 0.1) is 13.8 Å². The Bertz CT molecular complexity index is 1320. The van der Waals surface area contributed by atoms with Crippen molar-refractivity contribution >= 4 is 27.4 Å². The molecule has 0 aliphatic heterocycles. The fraction of sp³-hybridized carbons (Fsp3) is 0.192. The highest BCUT2D eigenvalue weighted by molar-refractivity contribution is 7.18. The first-order valence-corrected chi connectivity index (χ1v) is 11.5. The number of rotatable bonds is 7. The Morgan fingerprint density at radius 2 is 1.78 bits per heavy atom. The first-order valence-electron chi connectivity index (χ1n) is 10.7. The molecule has 6 heteroatoms. The minimum absolute atomic E-state index is 0.691. The van der Waals surface area contributed by atoms with Crippen LogP contribution in [0.3, 0.4) is 0 Å². The van der Waals surface area contributed by atoms with Crippen LogP contribution in [0.15, 0.2) is 71.7 Å². The van der Waals surface area contributed by atoms with Crippen molar-refractivity contribution in [3.63, 3.8) is 0 Å². The van der Waals surface area contributed by atoms with Gasteiger partial charge < -0.3 is 9.73 Å². The van der Waals surface area contributed by atoms with E-state index in [2.05, 4.69) is 53.6 Å². The first kappa shape index (κ1) is 20.4. The molecule has 32 heavy (non-hydrogen) atoms. The third kappa shape index (κ3) is 4.41. The molecule has 5 aromatic rings. The molecule has 0 fully saturated rings. The molecule has 0 radical (unpaired) electrons. The van der Waals surface area contributed by atoms with E-state index in [-0.39, 0.29) is 0 Å². The van der Waals surface area contributed by atoms with Crippen LogP contribution < -0.4 is 5.32 Å². The number of anilines is 1. The first-order chi connectivity index (χ1) is 15.7. The van der Waals surface area contributed by atoms with Gasteiger partial charge in [-0.25, -0.2) is 9.97 Å².